The second-order valence-corrected chi connectivity index (χ2v) is 5.99. The van der Waals surface area contributed by atoms with Crippen LogP contribution in [0.3, 0.4) is 0 Å². The van der Waals surface area contributed by atoms with Gasteiger partial charge in [-0.05, 0) is 26.7 Å². The Bertz CT molecular complexity index is 390. The van der Waals surface area contributed by atoms with Crippen molar-refractivity contribution in [3.05, 3.63) is 0 Å². The van der Waals surface area contributed by atoms with Crippen molar-refractivity contribution in [3.8, 4) is 6.07 Å². The first kappa shape index (κ1) is 16.5. The summed E-state index contributed by atoms with van der Waals surface area (Å²) in [7, 11) is 1.60. The molecule has 20 heavy (non-hydrogen) atoms. The third-order valence-electron chi connectivity index (χ3n) is 3.76. The highest BCUT2D eigenvalue weighted by atomic mass is 16.2. The number of carbonyl (C=O) groups is 2. The van der Waals surface area contributed by atoms with Crippen LogP contribution >= 0.6 is 0 Å². The molecule has 1 fully saturated rings. The maximum atomic E-state index is 12.5. The maximum absolute atomic E-state index is 12.5. The van der Waals surface area contributed by atoms with E-state index in [-0.39, 0.29) is 24.4 Å². The van der Waals surface area contributed by atoms with Gasteiger partial charge in [0.05, 0.1) is 12.6 Å². The minimum atomic E-state index is -0.927. The van der Waals surface area contributed by atoms with Crippen molar-refractivity contribution in [3.63, 3.8) is 0 Å². The van der Waals surface area contributed by atoms with E-state index in [0.29, 0.717) is 12.8 Å². The van der Waals surface area contributed by atoms with E-state index in [2.05, 4.69) is 11.4 Å². The number of nitrogens with one attached hydrogen (secondary N) is 1. The van der Waals surface area contributed by atoms with Crippen LogP contribution in [0, 0.1) is 16.7 Å². The molecular formula is C15H25N3O2. The average Bonchev–Trinajstić information content (AvgIpc) is 2.62. The topological polar surface area (TPSA) is 73.2 Å². The Morgan fingerprint density at radius 1 is 1.25 bits per heavy atom. The lowest BCUT2D eigenvalue weighted by atomic mass is 9.80. The highest BCUT2D eigenvalue weighted by Crippen LogP contribution is 2.35. The highest BCUT2D eigenvalue weighted by Gasteiger charge is 2.41. The molecule has 1 aliphatic carbocycles. The Balaban J connectivity index is 2.70. The summed E-state index contributed by atoms with van der Waals surface area (Å²) in [5.74, 6) is -0.390. The van der Waals surface area contributed by atoms with Crippen molar-refractivity contribution in [1.82, 2.24) is 10.2 Å². The molecule has 0 saturated heterocycles. The summed E-state index contributed by atoms with van der Waals surface area (Å²) in [6, 6.07) is 2.28. The number of hydrogen-bond acceptors (Lipinski definition) is 3. The molecule has 1 N–H and O–H groups in total. The van der Waals surface area contributed by atoms with Crippen LogP contribution in [0.25, 0.3) is 0 Å². The van der Waals surface area contributed by atoms with Crippen LogP contribution in [0.2, 0.25) is 0 Å². The van der Waals surface area contributed by atoms with Crippen LogP contribution in [0.5, 0.6) is 0 Å². The molecule has 0 aliphatic heterocycles. The smallest absolute Gasteiger partial charge is 0.243 e. The first-order valence-corrected chi connectivity index (χ1v) is 7.37. The molecule has 0 atom stereocenters. The number of nitriles is 1. The van der Waals surface area contributed by atoms with E-state index in [4.69, 9.17) is 0 Å². The minimum Gasteiger partial charge on any atom is -0.352 e. The zero-order valence-electron chi connectivity index (χ0n) is 12.7. The van der Waals surface area contributed by atoms with Crippen molar-refractivity contribution in [1.29, 1.82) is 5.26 Å². The van der Waals surface area contributed by atoms with E-state index >= 15 is 0 Å². The van der Waals surface area contributed by atoms with Gasteiger partial charge >= 0.3 is 0 Å². The maximum Gasteiger partial charge on any atom is 0.243 e. The summed E-state index contributed by atoms with van der Waals surface area (Å²) in [5, 5.41) is 12.2. The molecule has 0 spiro atoms. The second-order valence-electron chi connectivity index (χ2n) is 5.99. The van der Waals surface area contributed by atoms with E-state index < -0.39 is 5.41 Å². The molecule has 0 aromatic heterocycles. The van der Waals surface area contributed by atoms with Gasteiger partial charge in [-0.3, -0.25) is 9.59 Å². The van der Waals surface area contributed by atoms with Crippen LogP contribution in [0.4, 0.5) is 0 Å². The molecule has 1 saturated carbocycles. The first-order chi connectivity index (χ1) is 9.41. The van der Waals surface area contributed by atoms with Gasteiger partial charge in [-0.15, -0.1) is 0 Å². The quantitative estimate of drug-likeness (QED) is 0.798. The lowest BCUT2D eigenvalue weighted by molar-refractivity contribution is -0.141. The number of hydrogen-bond donors (Lipinski definition) is 1. The Labute approximate surface area is 121 Å². The summed E-state index contributed by atoms with van der Waals surface area (Å²) in [6.07, 6.45) is 5.19. The standard InChI is InChI=1S/C15H25N3O2/c1-12(2)17-13(19)10-18(3)14(20)15(11-16)8-6-4-5-7-9-15/h12H,4-10H2,1-3H3,(H,17,19). The summed E-state index contributed by atoms with van der Waals surface area (Å²) in [6.45, 7) is 3.77. The van der Waals surface area contributed by atoms with E-state index in [0.717, 1.165) is 25.7 Å². The van der Waals surface area contributed by atoms with E-state index in [1.54, 1.807) is 7.05 Å². The lowest BCUT2D eigenvalue weighted by Gasteiger charge is -2.29. The molecule has 0 aromatic carbocycles. The molecule has 1 rings (SSSR count). The Morgan fingerprint density at radius 2 is 1.80 bits per heavy atom. The normalized spacial score (nSPS) is 17.9. The van der Waals surface area contributed by atoms with Gasteiger partial charge in [-0.25, -0.2) is 0 Å². The van der Waals surface area contributed by atoms with Crippen LogP contribution in [-0.2, 0) is 9.59 Å². The number of carbonyl (C=O) groups excluding carboxylic acids is 2. The molecule has 5 nitrogen and oxygen atoms in total. The van der Waals surface area contributed by atoms with E-state index in [1.165, 1.54) is 4.90 Å². The number of likely N-dealkylation sites (N-methyl/N-ethyl adjacent to an activating group) is 1. The average molecular weight is 279 g/mol. The monoisotopic (exact) mass is 279 g/mol. The molecule has 5 heteroatoms. The fourth-order valence-electron chi connectivity index (χ4n) is 2.73. The van der Waals surface area contributed by atoms with Gasteiger partial charge in [0.15, 0.2) is 0 Å². The molecule has 0 heterocycles. The van der Waals surface area contributed by atoms with Crippen molar-refractivity contribution >= 4 is 11.8 Å². The third kappa shape index (κ3) is 4.22. The predicted octanol–water partition coefficient (Wildman–Crippen LogP) is 1.83. The summed E-state index contributed by atoms with van der Waals surface area (Å²) in [5.41, 5.74) is -0.927. The molecule has 0 radical (unpaired) electrons. The van der Waals surface area contributed by atoms with E-state index in [9.17, 15) is 14.9 Å². The SMILES string of the molecule is CC(C)NC(=O)CN(C)C(=O)C1(C#N)CCCCCC1. The predicted molar refractivity (Wildman–Crippen MR) is 76.7 cm³/mol. The molecule has 0 unspecified atom stereocenters. The van der Waals surface area contributed by atoms with Crippen molar-refractivity contribution in [2.45, 2.75) is 58.4 Å². The molecular weight excluding hydrogens is 254 g/mol. The molecule has 0 aromatic rings. The van der Waals surface area contributed by atoms with Gasteiger partial charge in [-0.1, -0.05) is 25.7 Å². The van der Waals surface area contributed by atoms with Crippen LogP contribution in [0.1, 0.15) is 52.4 Å². The molecule has 2 amide bonds. The third-order valence-corrected chi connectivity index (χ3v) is 3.76. The van der Waals surface area contributed by atoms with Crippen LogP contribution in [0.15, 0.2) is 0 Å². The fourth-order valence-corrected chi connectivity index (χ4v) is 2.73. The van der Waals surface area contributed by atoms with Gasteiger partial charge in [0.25, 0.3) is 0 Å². The molecule has 1 aliphatic rings. The number of nitrogens with zero attached hydrogens (tertiary/aromatic N) is 2. The zero-order chi connectivity index (χ0) is 15.2. The number of rotatable bonds is 4. The van der Waals surface area contributed by atoms with Crippen molar-refractivity contribution in [2.24, 2.45) is 5.41 Å². The van der Waals surface area contributed by atoms with Crippen LogP contribution in [-0.4, -0.2) is 36.3 Å². The van der Waals surface area contributed by atoms with Gasteiger partial charge in [0, 0.05) is 13.1 Å². The summed E-state index contributed by atoms with van der Waals surface area (Å²) >= 11 is 0. The van der Waals surface area contributed by atoms with Crippen molar-refractivity contribution < 1.29 is 9.59 Å². The largest absolute Gasteiger partial charge is 0.352 e. The zero-order valence-corrected chi connectivity index (χ0v) is 12.7. The van der Waals surface area contributed by atoms with Gasteiger partial charge in [-0.2, -0.15) is 5.26 Å². The molecule has 112 valence electrons. The first-order valence-electron chi connectivity index (χ1n) is 7.37. The second kappa shape index (κ2) is 7.28. The lowest BCUT2D eigenvalue weighted by Crippen LogP contribution is -2.46. The minimum absolute atomic E-state index is 0.0143. The Kier molecular flexibility index (Phi) is 6.00. The Morgan fingerprint density at radius 3 is 2.25 bits per heavy atom. The van der Waals surface area contributed by atoms with Crippen molar-refractivity contribution in [2.75, 3.05) is 13.6 Å². The van der Waals surface area contributed by atoms with Gasteiger partial charge in [0.1, 0.15) is 5.41 Å². The highest BCUT2D eigenvalue weighted by molar-refractivity contribution is 5.89. The number of amides is 2. The van der Waals surface area contributed by atoms with E-state index in [1.807, 2.05) is 13.8 Å². The summed E-state index contributed by atoms with van der Waals surface area (Å²) in [4.78, 5) is 25.7. The molecule has 0 bridgehead atoms. The van der Waals surface area contributed by atoms with Gasteiger partial charge in [0.2, 0.25) is 11.8 Å². The Hall–Kier alpha value is -1.57. The van der Waals surface area contributed by atoms with Crippen LogP contribution < -0.4 is 5.32 Å². The summed E-state index contributed by atoms with van der Waals surface area (Å²) < 4.78 is 0. The fraction of sp³-hybridized carbons (Fsp3) is 0.800. The van der Waals surface area contributed by atoms with Gasteiger partial charge < -0.3 is 10.2 Å².